The minimum Gasteiger partial charge on any atom is -0.481 e. The molecular formula is C9H12NO4S+. The molecule has 0 heterocycles. The van der Waals surface area contributed by atoms with E-state index in [9.17, 15) is 9.00 Å². The zero-order valence-electron chi connectivity index (χ0n) is 8.36. The molecule has 0 aromatic rings. The first kappa shape index (κ1) is 13.5. The second kappa shape index (κ2) is 7.84. The highest BCUT2D eigenvalue weighted by Gasteiger charge is 2.15. The van der Waals surface area contributed by atoms with Gasteiger partial charge in [-0.3, -0.25) is 9.79 Å². The molecule has 0 aromatic carbocycles. The van der Waals surface area contributed by atoms with Gasteiger partial charge in [0, 0.05) is 24.1 Å². The van der Waals surface area contributed by atoms with Crippen LogP contribution < -0.4 is 0 Å². The van der Waals surface area contributed by atoms with Crippen LogP contribution in [0.2, 0.25) is 0 Å². The summed E-state index contributed by atoms with van der Waals surface area (Å²) in [6.45, 7) is 3.27. The normalized spacial score (nSPS) is 10.3. The fourth-order valence-electron chi connectivity index (χ4n) is 0.789. The highest BCUT2D eigenvalue weighted by atomic mass is 32.1. The van der Waals surface area contributed by atoms with E-state index < -0.39 is 5.97 Å². The number of hydrogen-bond donors (Lipinski definition) is 1. The van der Waals surface area contributed by atoms with Crippen LogP contribution in [0.3, 0.4) is 0 Å². The van der Waals surface area contributed by atoms with E-state index >= 15 is 0 Å². The molecule has 15 heavy (non-hydrogen) atoms. The Hall–Kier alpha value is -1.52. The average Bonchev–Trinajstić information content (AvgIpc) is 2.22. The van der Waals surface area contributed by atoms with Crippen LogP contribution in [0.25, 0.3) is 0 Å². The van der Waals surface area contributed by atoms with Crippen LogP contribution in [0.5, 0.6) is 0 Å². The van der Waals surface area contributed by atoms with Gasteiger partial charge < -0.3 is 9.84 Å². The van der Waals surface area contributed by atoms with Gasteiger partial charge in [-0.2, -0.15) is 0 Å². The molecule has 82 valence electrons. The van der Waals surface area contributed by atoms with Gasteiger partial charge in [0.05, 0.1) is 0 Å². The van der Waals surface area contributed by atoms with Crippen molar-refractivity contribution in [2.45, 2.75) is 19.3 Å². The quantitative estimate of drug-likeness (QED) is 0.245. The van der Waals surface area contributed by atoms with Crippen molar-refractivity contribution in [2.75, 3.05) is 7.05 Å². The molecule has 0 aromatic heterocycles. The molecule has 0 rings (SSSR count). The summed E-state index contributed by atoms with van der Waals surface area (Å²) >= 11 is 0.127. The van der Waals surface area contributed by atoms with E-state index in [0.29, 0.717) is 18.7 Å². The van der Waals surface area contributed by atoms with Gasteiger partial charge in [-0.1, -0.05) is 0 Å². The third kappa shape index (κ3) is 6.54. The van der Waals surface area contributed by atoms with Crippen molar-refractivity contribution in [3.05, 3.63) is 17.4 Å². The maximum Gasteiger partial charge on any atom is 0.557 e. The lowest BCUT2D eigenvalue weighted by molar-refractivity contribution is -0.137. The van der Waals surface area contributed by atoms with Crippen molar-refractivity contribution in [1.82, 2.24) is 0 Å². The van der Waals surface area contributed by atoms with Crippen LogP contribution in [-0.2, 0) is 25.4 Å². The van der Waals surface area contributed by atoms with Gasteiger partial charge in [0.2, 0.25) is 0 Å². The van der Waals surface area contributed by atoms with Gasteiger partial charge >= 0.3 is 22.7 Å². The number of hydrogen-bond acceptors (Lipinski definition) is 4. The first-order valence-electron chi connectivity index (χ1n) is 4.19. The van der Waals surface area contributed by atoms with Crippen LogP contribution in [-0.4, -0.2) is 24.0 Å². The summed E-state index contributed by atoms with van der Waals surface area (Å²) in [5, 5.41) is 8.40. The van der Waals surface area contributed by atoms with E-state index in [2.05, 4.69) is 17.3 Å². The second-order valence-corrected chi connectivity index (χ2v) is 3.05. The highest BCUT2D eigenvalue weighted by Crippen LogP contribution is 2.03. The first-order valence-corrected chi connectivity index (χ1v) is 4.93. The summed E-state index contributed by atoms with van der Waals surface area (Å²) in [7, 11) is 1.51. The maximum absolute atomic E-state index is 10.4. The van der Waals surface area contributed by atoms with Crippen molar-refractivity contribution < 1.29 is 18.8 Å². The second-order valence-electron chi connectivity index (χ2n) is 2.51. The number of carboxylic acids is 1. The van der Waals surface area contributed by atoms with Crippen molar-refractivity contribution in [3.63, 3.8) is 0 Å². The molecule has 6 heteroatoms. The summed E-state index contributed by atoms with van der Waals surface area (Å²) < 4.78 is 15.4. The molecule has 0 saturated carbocycles. The van der Waals surface area contributed by atoms with Crippen LogP contribution in [0.4, 0.5) is 0 Å². The Morgan fingerprint density at radius 1 is 1.60 bits per heavy atom. The predicted octanol–water partition coefficient (Wildman–Crippen LogP) is 1.34. The summed E-state index contributed by atoms with van der Waals surface area (Å²) in [6.07, 6.45) is 0.824. The van der Waals surface area contributed by atoms with E-state index in [0.717, 1.165) is 0 Å². The zero-order chi connectivity index (χ0) is 11.7. The number of aliphatic imine (C=N–C) groups is 1. The standard InChI is InChI=1S/C9H11NO4S/c1-3-9(15-13)14-7(10-2)5-4-6-8(11)12/h1,4-6H2,2H3/p+1/b10-7-. The Kier molecular flexibility index (Phi) is 7.05. The van der Waals surface area contributed by atoms with Crippen LogP contribution in [0.1, 0.15) is 19.3 Å². The summed E-state index contributed by atoms with van der Waals surface area (Å²) in [5.41, 5.74) is 2.31. The van der Waals surface area contributed by atoms with Gasteiger partial charge in [0.15, 0.2) is 5.90 Å². The molecule has 0 bridgehead atoms. The van der Waals surface area contributed by atoms with Gasteiger partial charge in [0.1, 0.15) is 0 Å². The monoisotopic (exact) mass is 230 g/mol. The Morgan fingerprint density at radius 3 is 2.67 bits per heavy atom. The Bertz CT molecular complexity index is 318. The number of carbonyl (C=O) groups is 1. The van der Waals surface area contributed by atoms with Crippen LogP contribution >= 0.6 is 0 Å². The first-order chi connectivity index (χ1) is 7.13. The third-order valence-electron chi connectivity index (χ3n) is 1.46. The molecule has 0 atom stereocenters. The highest BCUT2D eigenvalue weighted by molar-refractivity contribution is 7.69. The summed E-state index contributed by atoms with van der Waals surface area (Å²) in [4.78, 5) is 14.0. The fourth-order valence-corrected chi connectivity index (χ4v) is 0.978. The number of aliphatic carboxylic acids is 1. The minimum atomic E-state index is -0.872. The molecule has 0 radical (unpaired) electrons. The molecular weight excluding hydrogens is 218 g/mol. The summed E-state index contributed by atoms with van der Waals surface area (Å²) in [6, 6.07) is 0. The molecule has 0 spiro atoms. The number of rotatable bonds is 6. The van der Waals surface area contributed by atoms with Crippen LogP contribution in [0, 0.1) is 0 Å². The zero-order valence-corrected chi connectivity index (χ0v) is 9.17. The Labute approximate surface area is 91.7 Å². The van der Waals surface area contributed by atoms with Crippen molar-refractivity contribution in [1.29, 1.82) is 0 Å². The fraction of sp³-hybridized carbons (Fsp3) is 0.444. The predicted molar refractivity (Wildman–Crippen MR) is 56.6 cm³/mol. The number of carboxylic acid groups (broad SMARTS) is 1. The molecule has 0 fully saturated rings. The van der Waals surface area contributed by atoms with Gasteiger partial charge in [0.25, 0.3) is 0 Å². The molecule has 0 aliphatic heterocycles. The largest absolute Gasteiger partial charge is 0.557 e. The van der Waals surface area contributed by atoms with E-state index in [-0.39, 0.29) is 23.2 Å². The van der Waals surface area contributed by atoms with E-state index in [4.69, 9.17) is 9.84 Å². The summed E-state index contributed by atoms with van der Waals surface area (Å²) in [5.74, 6) is -0.561. The topological polar surface area (TPSA) is 76.0 Å². The average molecular weight is 230 g/mol. The number of nitrogens with zero attached hydrogens (tertiary/aromatic N) is 1. The molecule has 0 amide bonds. The molecule has 0 aliphatic carbocycles. The molecule has 0 saturated heterocycles. The maximum atomic E-state index is 10.4. The van der Waals surface area contributed by atoms with Crippen molar-refractivity contribution in [3.8, 4) is 0 Å². The minimum absolute atomic E-state index is 0.00840. The Balaban J connectivity index is 4.11. The van der Waals surface area contributed by atoms with E-state index in [1.165, 1.54) is 7.05 Å². The van der Waals surface area contributed by atoms with Crippen molar-refractivity contribution in [2.24, 2.45) is 4.99 Å². The number of ether oxygens (including phenoxy) is 1. The van der Waals surface area contributed by atoms with Gasteiger partial charge in [-0.15, -0.1) is 0 Å². The van der Waals surface area contributed by atoms with E-state index in [1.54, 1.807) is 0 Å². The Morgan fingerprint density at radius 2 is 2.27 bits per heavy atom. The smallest absolute Gasteiger partial charge is 0.481 e. The lowest BCUT2D eigenvalue weighted by Gasteiger charge is -2.00. The molecule has 0 unspecified atom stereocenters. The lowest BCUT2D eigenvalue weighted by atomic mass is 10.2. The van der Waals surface area contributed by atoms with Crippen LogP contribution in [0.15, 0.2) is 22.4 Å². The SMILES string of the molecule is C=C=C(O/C(CCCC(=O)O)=N\C)[S+]=O. The van der Waals surface area contributed by atoms with Gasteiger partial charge in [-0.05, 0) is 18.7 Å². The molecule has 0 aliphatic rings. The van der Waals surface area contributed by atoms with Gasteiger partial charge in [-0.25, -0.2) is 0 Å². The molecule has 1 N–H and O–H groups in total. The lowest BCUT2D eigenvalue weighted by Crippen LogP contribution is -2.05. The molecule has 5 nitrogen and oxygen atoms in total. The van der Waals surface area contributed by atoms with Crippen molar-refractivity contribution >= 4 is 23.5 Å². The third-order valence-corrected chi connectivity index (χ3v) is 1.84. The van der Waals surface area contributed by atoms with E-state index in [1.807, 2.05) is 0 Å².